The van der Waals surface area contributed by atoms with Crippen LogP contribution in [-0.4, -0.2) is 25.0 Å². The van der Waals surface area contributed by atoms with Crippen molar-refractivity contribution in [2.75, 3.05) is 18.5 Å². The van der Waals surface area contributed by atoms with Crippen LogP contribution in [0.15, 0.2) is 18.2 Å². The highest BCUT2D eigenvalue weighted by molar-refractivity contribution is 6.03. The third kappa shape index (κ3) is 2.61. The molecule has 0 fully saturated rings. The predicted octanol–water partition coefficient (Wildman–Crippen LogP) is 1.40. The van der Waals surface area contributed by atoms with E-state index in [9.17, 15) is 9.59 Å². The molecule has 18 heavy (non-hydrogen) atoms. The number of anilines is 1. The Kier molecular flexibility index (Phi) is 3.50. The highest BCUT2D eigenvalue weighted by atomic mass is 16.5. The molecule has 0 saturated carbocycles. The molecule has 0 saturated heterocycles. The van der Waals surface area contributed by atoms with Gasteiger partial charge in [0.1, 0.15) is 0 Å². The van der Waals surface area contributed by atoms with Crippen LogP contribution in [-0.2, 0) is 4.79 Å². The molecule has 5 heteroatoms. The second kappa shape index (κ2) is 5.08. The van der Waals surface area contributed by atoms with E-state index in [1.54, 1.807) is 18.2 Å². The van der Waals surface area contributed by atoms with Crippen molar-refractivity contribution >= 4 is 17.5 Å². The van der Waals surface area contributed by atoms with E-state index in [0.717, 1.165) is 0 Å². The first kappa shape index (κ1) is 12.4. The van der Waals surface area contributed by atoms with Gasteiger partial charge >= 0.3 is 0 Å². The molecule has 1 aliphatic rings. The average Bonchev–Trinajstić information content (AvgIpc) is 2.34. The zero-order valence-electron chi connectivity index (χ0n) is 10.4. The number of carbonyl (C=O) groups is 2. The fraction of sp³-hybridized carbons (Fsp3) is 0.385. The standard InChI is InChI=1S/C13H16N2O3/c1-8(2)6-14-13(17)9-4-3-5-10-12(9)18-7-11(16)15-10/h3-5,8H,6-7H2,1-2H3,(H,14,17)(H,15,16). The first-order valence-electron chi connectivity index (χ1n) is 5.92. The molecule has 2 N–H and O–H groups in total. The number of ether oxygens (including phenoxy) is 1. The number of hydrogen-bond acceptors (Lipinski definition) is 3. The molecule has 0 bridgehead atoms. The van der Waals surface area contributed by atoms with Crippen molar-refractivity contribution in [1.82, 2.24) is 5.32 Å². The van der Waals surface area contributed by atoms with Gasteiger partial charge in [0.2, 0.25) is 0 Å². The number of fused-ring (bicyclic) bond motifs is 1. The molecule has 1 aromatic rings. The van der Waals surface area contributed by atoms with Crippen LogP contribution >= 0.6 is 0 Å². The van der Waals surface area contributed by atoms with Gasteiger partial charge in [0.05, 0.1) is 11.3 Å². The molecule has 5 nitrogen and oxygen atoms in total. The van der Waals surface area contributed by atoms with Gasteiger partial charge in [-0.05, 0) is 18.1 Å². The molecule has 0 aromatic heterocycles. The van der Waals surface area contributed by atoms with Crippen molar-refractivity contribution in [2.24, 2.45) is 5.92 Å². The Hall–Kier alpha value is -2.04. The van der Waals surface area contributed by atoms with E-state index in [0.29, 0.717) is 29.5 Å². The van der Waals surface area contributed by atoms with Crippen LogP contribution in [0.2, 0.25) is 0 Å². The number of benzene rings is 1. The minimum absolute atomic E-state index is 0.0541. The highest BCUT2D eigenvalue weighted by Gasteiger charge is 2.22. The van der Waals surface area contributed by atoms with E-state index in [1.165, 1.54) is 0 Å². The van der Waals surface area contributed by atoms with Gasteiger partial charge in [-0.3, -0.25) is 9.59 Å². The van der Waals surface area contributed by atoms with Gasteiger partial charge in [-0.15, -0.1) is 0 Å². The zero-order valence-corrected chi connectivity index (χ0v) is 10.4. The summed E-state index contributed by atoms with van der Waals surface area (Å²) in [5, 5.41) is 5.50. The van der Waals surface area contributed by atoms with Crippen LogP contribution in [0.1, 0.15) is 24.2 Å². The molecular weight excluding hydrogens is 232 g/mol. The lowest BCUT2D eigenvalue weighted by Gasteiger charge is -2.20. The van der Waals surface area contributed by atoms with Crippen LogP contribution in [0, 0.1) is 5.92 Å². The molecule has 0 aliphatic carbocycles. The smallest absolute Gasteiger partial charge is 0.262 e. The van der Waals surface area contributed by atoms with Gasteiger partial charge in [0.25, 0.3) is 11.8 Å². The second-order valence-corrected chi connectivity index (χ2v) is 4.62. The number of rotatable bonds is 3. The second-order valence-electron chi connectivity index (χ2n) is 4.62. The number of carbonyl (C=O) groups excluding carboxylic acids is 2. The fourth-order valence-corrected chi connectivity index (χ4v) is 1.69. The molecule has 2 rings (SSSR count). The Labute approximate surface area is 106 Å². The quantitative estimate of drug-likeness (QED) is 0.849. The largest absolute Gasteiger partial charge is 0.481 e. The summed E-state index contributed by atoms with van der Waals surface area (Å²) in [5.74, 6) is 0.436. The molecule has 0 radical (unpaired) electrons. The van der Waals surface area contributed by atoms with E-state index in [2.05, 4.69) is 10.6 Å². The minimum atomic E-state index is -0.206. The summed E-state index contributed by atoms with van der Waals surface area (Å²) in [7, 11) is 0. The topological polar surface area (TPSA) is 67.4 Å². The number of para-hydroxylation sites is 1. The zero-order chi connectivity index (χ0) is 13.1. The summed E-state index contributed by atoms with van der Waals surface area (Å²) in [6.45, 7) is 4.60. The Morgan fingerprint density at radius 1 is 1.50 bits per heavy atom. The van der Waals surface area contributed by atoms with Crippen LogP contribution in [0.5, 0.6) is 5.75 Å². The molecule has 0 atom stereocenters. The van der Waals surface area contributed by atoms with Crippen LogP contribution < -0.4 is 15.4 Å². The summed E-state index contributed by atoms with van der Waals surface area (Å²) in [6.07, 6.45) is 0. The molecular formula is C13H16N2O3. The molecule has 0 spiro atoms. The first-order valence-corrected chi connectivity index (χ1v) is 5.92. The predicted molar refractivity (Wildman–Crippen MR) is 67.7 cm³/mol. The molecule has 2 amide bonds. The average molecular weight is 248 g/mol. The SMILES string of the molecule is CC(C)CNC(=O)c1cccc2c1OCC(=O)N2. The molecule has 96 valence electrons. The summed E-state index contributed by atoms with van der Waals surface area (Å²) in [6, 6.07) is 5.12. The minimum Gasteiger partial charge on any atom is -0.481 e. The van der Waals surface area contributed by atoms with Crippen molar-refractivity contribution in [3.05, 3.63) is 23.8 Å². The maximum atomic E-state index is 12.0. The van der Waals surface area contributed by atoms with Crippen molar-refractivity contribution in [3.63, 3.8) is 0 Å². The van der Waals surface area contributed by atoms with E-state index < -0.39 is 0 Å². The Morgan fingerprint density at radius 3 is 3.00 bits per heavy atom. The Bertz CT molecular complexity index is 483. The number of hydrogen-bond donors (Lipinski definition) is 2. The summed E-state index contributed by atoms with van der Waals surface area (Å²) < 4.78 is 5.32. The van der Waals surface area contributed by atoms with E-state index >= 15 is 0 Å². The molecule has 1 aromatic carbocycles. The highest BCUT2D eigenvalue weighted by Crippen LogP contribution is 2.31. The van der Waals surface area contributed by atoms with Gasteiger partial charge in [0.15, 0.2) is 12.4 Å². The maximum Gasteiger partial charge on any atom is 0.262 e. The molecule has 1 aliphatic heterocycles. The van der Waals surface area contributed by atoms with E-state index in [1.807, 2.05) is 13.8 Å². The normalized spacial score (nSPS) is 13.6. The Balaban J connectivity index is 2.21. The van der Waals surface area contributed by atoms with Crippen molar-refractivity contribution in [2.45, 2.75) is 13.8 Å². The van der Waals surface area contributed by atoms with Crippen molar-refractivity contribution in [3.8, 4) is 5.75 Å². The molecule has 1 heterocycles. The third-order valence-corrected chi connectivity index (χ3v) is 2.55. The van der Waals surface area contributed by atoms with Gasteiger partial charge in [0, 0.05) is 6.54 Å². The first-order chi connectivity index (χ1) is 8.58. The van der Waals surface area contributed by atoms with Crippen LogP contribution in [0.25, 0.3) is 0 Å². The van der Waals surface area contributed by atoms with Gasteiger partial charge in [-0.25, -0.2) is 0 Å². The third-order valence-electron chi connectivity index (χ3n) is 2.55. The monoisotopic (exact) mass is 248 g/mol. The maximum absolute atomic E-state index is 12.0. The molecule has 0 unspecified atom stereocenters. The lowest BCUT2D eigenvalue weighted by Crippen LogP contribution is -2.30. The van der Waals surface area contributed by atoms with E-state index in [-0.39, 0.29) is 18.4 Å². The number of amides is 2. The van der Waals surface area contributed by atoms with Crippen molar-refractivity contribution < 1.29 is 14.3 Å². The summed E-state index contributed by atoms with van der Waals surface area (Å²) in [4.78, 5) is 23.2. The van der Waals surface area contributed by atoms with Crippen LogP contribution in [0.4, 0.5) is 5.69 Å². The lowest BCUT2D eigenvalue weighted by atomic mass is 10.1. The van der Waals surface area contributed by atoms with Gasteiger partial charge < -0.3 is 15.4 Å². The summed E-state index contributed by atoms with van der Waals surface area (Å²) in [5.41, 5.74) is 0.997. The van der Waals surface area contributed by atoms with Gasteiger partial charge in [-0.2, -0.15) is 0 Å². The van der Waals surface area contributed by atoms with Crippen molar-refractivity contribution in [1.29, 1.82) is 0 Å². The lowest BCUT2D eigenvalue weighted by molar-refractivity contribution is -0.118. The fourth-order valence-electron chi connectivity index (χ4n) is 1.69. The van der Waals surface area contributed by atoms with E-state index in [4.69, 9.17) is 4.74 Å². The van der Waals surface area contributed by atoms with Gasteiger partial charge in [-0.1, -0.05) is 19.9 Å². The Morgan fingerprint density at radius 2 is 2.28 bits per heavy atom. The number of nitrogens with one attached hydrogen (secondary N) is 2. The van der Waals surface area contributed by atoms with Crippen LogP contribution in [0.3, 0.4) is 0 Å². The summed E-state index contributed by atoms with van der Waals surface area (Å²) >= 11 is 0.